The quantitative estimate of drug-likeness (QED) is 0.710. The van der Waals surface area contributed by atoms with Gasteiger partial charge in [0.05, 0.1) is 0 Å². The first-order valence-electron chi connectivity index (χ1n) is 5.15. The van der Waals surface area contributed by atoms with Gasteiger partial charge in [-0.25, -0.2) is 0 Å². The molecule has 2 heteroatoms. The molecule has 1 unspecified atom stereocenters. The fraction of sp³-hybridized carbons (Fsp3) is 1.00. The van der Waals surface area contributed by atoms with Gasteiger partial charge in [0.2, 0.25) is 0 Å². The molecule has 0 aliphatic heterocycles. The predicted molar refractivity (Wildman–Crippen MR) is 57.9 cm³/mol. The van der Waals surface area contributed by atoms with Gasteiger partial charge in [-0.3, -0.25) is 0 Å². The SMILES string of the molecule is CCC(CSC1CCCC1)NC. The first-order valence-corrected chi connectivity index (χ1v) is 6.20. The Balaban J connectivity index is 2.06. The van der Waals surface area contributed by atoms with E-state index < -0.39 is 0 Å². The van der Waals surface area contributed by atoms with E-state index in [9.17, 15) is 0 Å². The van der Waals surface area contributed by atoms with Crippen LogP contribution in [0.1, 0.15) is 39.0 Å². The summed E-state index contributed by atoms with van der Waals surface area (Å²) in [5.41, 5.74) is 0. The van der Waals surface area contributed by atoms with Crippen molar-refractivity contribution in [2.45, 2.75) is 50.3 Å². The number of nitrogens with one attached hydrogen (secondary N) is 1. The van der Waals surface area contributed by atoms with Gasteiger partial charge in [0.25, 0.3) is 0 Å². The molecule has 0 spiro atoms. The van der Waals surface area contributed by atoms with Gasteiger partial charge in [-0.2, -0.15) is 11.8 Å². The molecule has 0 heterocycles. The Morgan fingerprint density at radius 2 is 2.08 bits per heavy atom. The van der Waals surface area contributed by atoms with Gasteiger partial charge in [-0.15, -0.1) is 0 Å². The summed E-state index contributed by atoms with van der Waals surface area (Å²) in [7, 11) is 2.07. The Bertz CT molecular complexity index is 104. The zero-order chi connectivity index (χ0) is 8.81. The van der Waals surface area contributed by atoms with Crippen LogP contribution in [0, 0.1) is 0 Å². The van der Waals surface area contributed by atoms with Crippen LogP contribution in [0.2, 0.25) is 0 Å². The van der Waals surface area contributed by atoms with E-state index in [1.54, 1.807) is 0 Å². The molecule has 1 fully saturated rings. The first-order chi connectivity index (χ1) is 5.86. The molecular weight excluding hydrogens is 166 g/mol. The molecule has 1 aliphatic rings. The minimum Gasteiger partial charge on any atom is -0.316 e. The van der Waals surface area contributed by atoms with Crippen LogP contribution >= 0.6 is 11.8 Å². The van der Waals surface area contributed by atoms with Crippen molar-refractivity contribution in [2.75, 3.05) is 12.8 Å². The highest BCUT2D eigenvalue weighted by Crippen LogP contribution is 2.29. The molecule has 1 saturated carbocycles. The van der Waals surface area contributed by atoms with Crippen molar-refractivity contribution in [3.63, 3.8) is 0 Å². The maximum absolute atomic E-state index is 3.35. The molecule has 0 aromatic rings. The third-order valence-corrected chi connectivity index (χ3v) is 4.27. The van der Waals surface area contributed by atoms with Gasteiger partial charge >= 0.3 is 0 Å². The lowest BCUT2D eigenvalue weighted by molar-refractivity contribution is 0.600. The van der Waals surface area contributed by atoms with Gasteiger partial charge in [0.1, 0.15) is 0 Å². The van der Waals surface area contributed by atoms with Crippen LogP contribution in [0.4, 0.5) is 0 Å². The van der Waals surface area contributed by atoms with Crippen LogP contribution in [0.25, 0.3) is 0 Å². The standard InChI is InChI=1S/C10H21NS/c1-3-9(11-2)8-12-10-6-4-5-7-10/h9-11H,3-8H2,1-2H3. The fourth-order valence-corrected chi connectivity index (χ4v) is 3.29. The molecule has 1 rings (SSSR count). The topological polar surface area (TPSA) is 12.0 Å². The number of hydrogen-bond acceptors (Lipinski definition) is 2. The van der Waals surface area contributed by atoms with Gasteiger partial charge < -0.3 is 5.32 Å². The number of thioether (sulfide) groups is 1. The number of hydrogen-bond donors (Lipinski definition) is 1. The smallest absolute Gasteiger partial charge is 0.0152 e. The van der Waals surface area contributed by atoms with Crippen molar-refractivity contribution in [1.29, 1.82) is 0 Å². The third-order valence-electron chi connectivity index (χ3n) is 2.74. The van der Waals surface area contributed by atoms with E-state index in [4.69, 9.17) is 0 Å². The van der Waals surface area contributed by atoms with E-state index in [1.807, 2.05) is 0 Å². The lowest BCUT2D eigenvalue weighted by atomic mass is 10.3. The van der Waals surface area contributed by atoms with E-state index in [-0.39, 0.29) is 0 Å². The summed E-state index contributed by atoms with van der Waals surface area (Å²) >= 11 is 2.18. The van der Waals surface area contributed by atoms with E-state index in [0.717, 1.165) is 11.3 Å². The molecule has 0 aromatic carbocycles. The maximum Gasteiger partial charge on any atom is 0.0152 e. The van der Waals surface area contributed by atoms with Crippen molar-refractivity contribution >= 4 is 11.8 Å². The van der Waals surface area contributed by atoms with Crippen LogP contribution in [0.5, 0.6) is 0 Å². The van der Waals surface area contributed by atoms with Crippen molar-refractivity contribution in [3.8, 4) is 0 Å². The first kappa shape index (κ1) is 10.4. The summed E-state index contributed by atoms with van der Waals surface area (Å²) in [6.07, 6.45) is 7.12. The highest BCUT2D eigenvalue weighted by Gasteiger charge is 2.16. The van der Waals surface area contributed by atoms with Crippen molar-refractivity contribution in [3.05, 3.63) is 0 Å². The van der Waals surface area contributed by atoms with Gasteiger partial charge in [-0.05, 0) is 26.3 Å². The maximum atomic E-state index is 3.35. The molecule has 1 N–H and O–H groups in total. The molecule has 1 nitrogen and oxygen atoms in total. The Labute approximate surface area is 80.7 Å². The lowest BCUT2D eigenvalue weighted by Crippen LogP contribution is -2.27. The monoisotopic (exact) mass is 187 g/mol. The molecule has 0 amide bonds. The molecule has 12 heavy (non-hydrogen) atoms. The molecular formula is C10H21NS. The Morgan fingerprint density at radius 1 is 1.42 bits per heavy atom. The average Bonchev–Trinajstić information content (AvgIpc) is 2.59. The molecule has 0 aromatic heterocycles. The average molecular weight is 187 g/mol. The second-order valence-corrected chi connectivity index (χ2v) is 4.97. The van der Waals surface area contributed by atoms with Crippen molar-refractivity contribution < 1.29 is 0 Å². The second-order valence-electron chi connectivity index (χ2n) is 3.63. The van der Waals surface area contributed by atoms with Crippen molar-refractivity contribution in [2.24, 2.45) is 0 Å². The highest BCUT2D eigenvalue weighted by molar-refractivity contribution is 7.99. The van der Waals surface area contributed by atoms with Gasteiger partial charge in [0.15, 0.2) is 0 Å². The van der Waals surface area contributed by atoms with E-state index in [2.05, 4.69) is 31.1 Å². The normalized spacial score (nSPS) is 21.5. The van der Waals surface area contributed by atoms with Crippen LogP contribution < -0.4 is 5.32 Å². The summed E-state index contributed by atoms with van der Waals surface area (Å²) in [6.45, 7) is 2.26. The predicted octanol–water partition coefficient (Wildman–Crippen LogP) is 2.66. The lowest BCUT2D eigenvalue weighted by Gasteiger charge is -2.15. The summed E-state index contributed by atoms with van der Waals surface area (Å²) in [4.78, 5) is 0. The Morgan fingerprint density at radius 3 is 2.58 bits per heavy atom. The summed E-state index contributed by atoms with van der Waals surface area (Å²) in [5, 5.41) is 4.33. The molecule has 72 valence electrons. The minimum atomic E-state index is 0.732. The second kappa shape index (κ2) is 5.87. The van der Waals surface area contributed by atoms with Gasteiger partial charge in [-0.1, -0.05) is 19.8 Å². The van der Waals surface area contributed by atoms with Crippen LogP contribution in [0.3, 0.4) is 0 Å². The number of rotatable bonds is 5. The third kappa shape index (κ3) is 3.36. The summed E-state index contributed by atoms with van der Waals surface area (Å²) < 4.78 is 0. The van der Waals surface area contributed by atoms with E-state index in [0.29, 0.717) is 0 Å². The van der Waals surface area contributed by atoms with Gasteiger partial charge in [0, 0.05) is 17.0 Å². The summed E-state index contributed by atoms with van der Waals surface area (Å²) in [5.74, 6) is 1.30. The van der Waals surface area contributed by atoms with Crippen LogP contribution in [-0.2, 0) is 0 Å². The van der Waals surface area contributed by atoms with Crippen LogP contribution in [0.15, 0.2) is 0 Å². The molecule has 0 bridgehead atoms. The van der Waals surface area contributed by atoms with Crippen LogP contribution in [-0.4, -0.2) is 24.1 Å². The van der Waals surface area contributed by atoms with E-state index in [1.165, 1.54) is 37.9 Å². The molecule has 1 atom stereocenters. The summed E-state index contributed by atoms with van der Waals surface area (Å²) in [6, 6.07) is 0.732. The molecule has 0 radical (unpaired) electrons. The Hall–Kier alpha value is 0.310. The molecule has 0 saturated heterocycles. The largest absolute Gasteiger partial charge is 0.316 e. The van der Waals surface area contributed by atoms with Crippen molar-refractivity contribution in [1.82, 2.24) is 5.32 Å². The fourth-order valence-electron chi connectivity index (χ4n) is 1.71. The Kier molecular flexibility index (Phi) is 5.08. The zero-order valence-electron chi connectivity index (χ0n) is 8.31. The zero-order valence-corrected chi connectivity index (χ0v) is 9.12. The molecule has 1 aliphatic carbocycles. The van der Waals surface area contributed by atoms with E-state index >= 15 is 0 Å². The minimum absolute atomic E-state index is 0.732. The highest BCUT2D eigenvalue weighted by atomic mass is 32.2.